The second-order valence-corrected chi connectivity index (χ2v) is 5.60. The molecule has 1 aromatic rings. The minimum absolute atomic E-state index is 0.342. The van der Waals surface area contributed by atoms with E-state index in [0.717, 1.165) is 36.5 Å². The fourth-order valence-electron chi connectivity index (χ4n) is 2.24. The van der Waals surface area contributed by atoms with Crippen molar-refractivity contribution in [2.75, 3.05) is 30.4 Å². The number of hydrogen-bond acceptors (Lipinski definition) is 4. The molecule has 0 aliphatic heterocycles. The topological polar surface area (TPSA) is 41.0 Å². The lowest BCUT2D eigenvalue weighted by Crippen LogP contribution is -2.30. The van der Waals surface area contributed by atoms with E-state index < -0.39 is 0 Å². The molecule has 114 valence electrons. The first-order valence-electron chi connectivity index (χ1n) is 7.87. The molecule has 1 rings (SSSR count). The third-order valence-corrected chi connectivity index (χ3v) is 3.84. The molecule has 0 saturated heterocycles. The lowest BCUT2D eigenvalue weighted by atomic mass is 10.0. The van der Waals surface area contributed by atoms with Crippen LogP contribution in [-0.2, 0) is 0 Å². The van der Waals surface area contributed by atoms with Crippen LogP contribution in [0.2, 0.25) is 0 Å². The molecular weight excluding hydrogens is 248 g/mol. The predicted octanol–water partition coefficient (Wildman–Crippen LogP) is 3.90. The molecule has 4 nitrogen and oxygen atoms in total. The SMILES string of the molecule is CCC(CC)CN(CC)c1cc(NC)nc(C(C)C)n1. The van der Waals surface area contributed by atoms with Crippen LogP contribution in [0, 0.1) is 5.92 Å². The van der Waals surface area contributed by atoms with Crippen LogP contribution in [0.1, 0.15) is 59.2 Å². The molecular formula is C16H30N4. The van der Waals surface area contributed by atoms with E-state index in [2.05, 4.69) is 55.9 Å². The van der Waals surface area contributed by atoms with E-state index in [4.69, 9.17) is 4.98 Å². The lowest BCUT2D eigenvalue weighted by Gasteiger charge is -2.27. The highest BCUT2D eigenvalue weighted by atomic mass is 15.2. The van der Waals surface area contributed by atoms with E-state index >= 15 is 0 Å². The van der Waals surface area contributed by atoms with Crippen molar-refractivity contribution >= 4 is 11.6 Å². The van der Waals surface area contributed by atoms with E-state index in [-0.39, 0.29) is 0 Å². The largest absolute Gasteiger partial charge is 0.373 e. The van der Waals surface area contributed by atoms with Gasteiger partial charge in [-0.1, -0.05) is 40.5 Å². The fourth-order valence-corrected chi connectivity index (χ4v) is 2.24. The molecule has 1 N–H and O–H groups in total. The minimum Gasteiger partial charge on any atom is -0.373 e. The second-order valence-electron chi connectivity index (χ2n) is 5.60. The Morgan fingerprint density at radius 1 is 1.15 bits per heavy atom. The summed E-state index contributed by atoms with van der Waals surface area (Å²) in [6, 6.07) is 2.05. The van der Waals surface area contributed by atoms with Gasteiger partial charge in [-0.05, 0) is 12.8 Å². The molecule has 0 amide bonds. The monoisotopic (exact) mass is 278 g/mol. The highest BCUT2D eigenvalue weighted by Gasteiger charge is 2.15. The van der Waals surface area contributed by atoms with Crippen LogP contribution in [0.3, 0.4) is 0 Å². The van der Waals surface area contributed by atoms with Gasteiger partial charge in [0.25, 0.3) is 0 Å². The Morgan fingerprint density at radius 3 is 2.25 bits per heavy atom. The quantitative estimate of drug-likeness (QED) is 0.783. The molecule has 0 bridgehead atoms. The molecule has 1 aromatic heterocycles. The lowest BCUT2D eigenvalue weighted by molar-refractivity contribution is 0.484. The molecule has 0 spiro atoms. The zero-order chi connectivity index (χ0) is 15.1. The first-order chi connectivity index (χ1) is 9.55. The number of rotatable bonds is 8. The Balaban J connectivity index is 3.04. The van der Waals surface area contributed by atoms with Crippen LogP contribution in [0.4, 0.5) is 11.6 Å². The number of anilines is 2. The summed E-state index contributed by atoms with van der Waals surface area (Å²) in [7, 11) is 1.91. The van der Waals surface area contributed by atoms with Crippen LogP contribution in [-0.4, -0.2) is 30.1 Å². The third kappa shape index (κ3) is 4.36. The van der Waals surface area contributed by atoms with Crippen molar-refractivity contribution in [2.45, 2.75) is 53.4 Å². The maximum atomic E-state index is 4.75. The molecule has 0 saturated carbocycles. The normalized spacial score (nSPS) is 11.2. The van der Waals surface area contributed by atoms with Gasteiger partial charge in [0.1, 0.15) is 17.5 Å². The van der Waals surface area contributed by atoms with Gasteiger partial charge in [-0.25, -0.2) is 9.97 Å². The Labute approximate surface area is 124 Å². The third-order valence-electron chi connectivity index (χ3n) is 3.84. The van der Waals surface area contributed by atoms with Crippen molar-refractivity contribution in [3.63, 3.8) is 0 Å². The molecule has 0 unspecified atom stereocenters. The van der Waals surface area contributed by atoms with Crippen LogP contribution < -0.4 is 10.2 Å². The first kappa shape index (κ1) is 16.7. The fraction of sp³-hybridized carbons (Fsp3) is 0.750. The molecule has 0 atom stereocenters. The maximum absolute atomic E-state index is 4.75. The van der Waals surface area contributed by atoms with Gasteiger partial charge in [0.2, 0.25) is 0 Å². The summed E-state index contributed by atoms with van der Waals surface area (Å²) in [4.78, 5) is 11.7. The van der Waals surface area contributed by atoms with Gasteiger partial charge in [-0.2, -0.15) is 0 Å². The number of hydrogen-bond donors (Lipinski definition) is 1. The van der Waals surface area contributed by atoms with Gasteiger partial charge < -0.3 is 10.2 Å². The van der Waals surface area contributed by atoms with Crippen molar-refractivity contribution in [3.8, 4) is 0 Å². The molecule has 0 aliphatic carbocycles. The van der Waals surface area contributed by atoms with Crippen molar-refractivity contribution in [1.29, 1.82) is 0 Å². The van der Waals surface area contributed by atoms with E-state index in [0.29, 0.717) is 5.92 Å². The highest BCUT2D eigenvalue weighted by Crippen LogP contribution is 2.21. The number of aromatic nitrogens is 2. The van der Waals surface area contributed by atoms with E-state index in [9.17, 15) is 0 Å². The standard InChI is InChI=1S/C16H30N4/c1-7-13(8-2)11-20(9-3)15-10-14(17-6)18-16(19-15)12(4)5/h10,12-13H,7-9,11H2,1-6H3,(H,17,18,19). The highest BCUT2D eigenvalue weighted by molar-refractivity contribution is 5.49. The average molecular weight is 278 g/mol. The average Bonchev–Trinajstić information content (AvgIpc) is 2.48. The van der Waals surface area contributed by atoms with Gasteiger partial charge in [-0.15, -0.1) is 0 Å². The molecule has 4 heteroatoms. The zero-order valence-electron chi connectivity index (χ0n) is 13.9. The molecule has 0 fully saturated rings. The number of nitrogens with one attached hydrogen (secondary N) is 1. The number of nitrogens with zero attached hydrogens (tertiary/aromatic N) is 3. The van der Waals surface area contributed by atoms with E-state index in [1.54, 1.807) is 0 Å². The molecule has 20 heavy (non-hydrogen) atoms. The van der Waals surface area contributed by atoms with Gasteiger partial charge in [0, 0.05) is 32.1 Å². The van der Waals surface area contributed by atoms with Crippen molar-refractivity contribution in [2.24, 2.45) is 5.92 Å². The summed E-state index contributed by atoms with van der Waals surface area (Å²) in [5, 5.41) is 3.15. The van der Waals surface area contributed by atoms with Crippen molar-refractivity contribution < 1.29 is 0 Å². The molecule has 0 aliphatic rings. The van der Waals surface area contributed by atoms with Crippen LogP contribution in [0.15, 0.2) is 6.07 Å². The van der Waals surface area contributed by atoms with Crippen LogP contribution >= 0.6 is 0 Å². The molecule has 0 radical (unpaired) electrons. The summed E-state index contributed by atoms with van der Waals surface area (Å²) in [6.07, 6.45) is 2.43. The van der Waals surface area contributed by atoms with Crippen LogP contribution in [0.5, 0.6) is 0 Å². The van der Waals surface area contributed by atoms with Crippen molar-refractivity contribution in [3.05, 3.63) is 11.9 Å². The summed E-state index contributed by atoms with van der Waals surface area (Å²) < 4.78 is 0. The predicted molar refractivity (Wildman–Crippen MR) is 87.6 cm³/mol. The Morgan fingerprint density at radius 2 is 1.80 bits per heavy atom. The van der Waals surface area contributed by atoms with Crippen molar-refractivity contribution in [1.82, 2.24) is 9.97 Å². The van der Waals surface area contributed by atoms with Crippen LogP contribution in [0.25, 0.3) is 0 Å². The zero-order valence-corrected chi connectivity index (χ0v) is 13.9. The minimum atomic E-state index is 0.342. The Kier molecular flexibility index (Phi) is 6.76. The Bertz CT molecular complexity index is 399. The smallest absolute Gasteiger partial charge is 0.135 e. The van der Waals surface area contributed by atoms with Gasteiger partial charge in [0.05, 0.1) is 0 Å². The van der Waals surface area contributed by atoms with Gasteiger partial charge in [0.15, 0.2) is 0 Å². The summed E-state index contributed by atoms with van der Waals surface area (Å²) in [5.74, 6) is 3.93. The summed E-state index contributed by atoms with van der Waals surface area (Å²) in [5.41, 5.74) is 0. The van der Waals surface area contributed by atoms with E-state index in [1.165, 1.54) is 12.8 Å². The maximum Gasteiger partial charge on any atom is 0.135 e. The Hall–Kier alpha value is -1.32. The summed E-state index contributed by atoms with van der Waals surface area (Å²) >= 11 is 0. The first-order valence-corrected chi connectivity index (χ1v) is 7.87. The van der Waals surface area contributed by atoms with Gasteiger partial charge >= 0.3 is 0 Å². The summed E-state index contributed by atoms with van der Waals surface area (Å²) in [6.45, 7) is 13.0. The van der Waals surface area contributed by atoms with Gasteiger partial charge in [-0.3, -0.25) is 0 Å². The van der Waals surface area contributed by atoms with E-state index in [1.807, 2.05) is 7.05 Å². The second kappa shape index (κ2) is 8.08. The molecule has 0 aromatic carbocycles. The molecule has 1 heterocycles.